The summed E-state index contributed by atoms with van der Waals surface area (Å²) in [6, 6.07) is 1.54. The van der Waals surface area contributed by atoms with Gasteiger partial charge in [-0.3, -0.25) is 0 Å². The van der Waals surface area contributed by atoms with Crippen LogP contribution < -0.4 is 4.74 Å². The second kappa shape index (κ2) is 4.77. The van der Waals surface area contributed by atoms with Gasteiger partial charge in [0.15, 0.2) is 0 Å². The average Bonchev–Trinajstić information content (AvgIpc) is 2.35. The first-order chi connectivity index (χ1) is 10.2. The fraction of sp³-hybridized carbons (Fsp3) is 0.500. The molecular weight excluding hydrogens is 280 g/mol. The van der Waals surface area contributed by atoms with Crippen LogP contribution in [0.15, 0.2) is 17.7 Å². The maximum atomic E-state index is 11.7. The molecule has 1 aromatic carbocycles. The second-order valence-electron chi connectivity index (χ2n) is 7.03. The van der Waals surface area contributed by atoms with Gasteiger partial charge in [0, 0.05) is 17.4 Å². The van der Waals surface area contributed by atoms with Crippen LogP contribution in [-0.4, -0.2) is 21.8 Å². The van der Waals surface area contributed by atoms with E-state index in [1.807, 2.05) is 13.8 Å². The van der Waals surface area contributed by atoms with E-state index < -0.39 is 11.6 Å². The van der Waals surface area contributed by atoms with E-state index in [4.69, 9.17) is 4.74 Å². The van der Waals surface area contributed by atoms with Crippen LogP contribution in [0.25, 0.3) is 0 Å². The standard InChI is InChI=1S/C18H22O4/c1-9-5-6-12-11(7-9)15-13(19)8-10(2)14(17(20)21)16(15)22-18(12,3)4/h7-8,11-12,19H,5-6H2,1-4H3,(H,20,21)/t11-,12+/m1/s1. The molecule has 1 aliphatic carbocycles. The molecule has 4 heteroatoms. The smallest absolute Gasteiger partial charge is 0.339 e. The number of aryl methyl sites for hydroxylation is 1. The molecule has 1 aliphatic heterocycles. The first-order valence-electron chi connectivity index (χ1n) is 7.68. The zero-order valence-corrected chi connectivity index (χ0v) is 13.4. The van der Waals surface area contributed by atoms with E-state index in [-0.39, 0.29) is 23.1 Å². The Balaban J connectivity index is 2.31. The third-order valence-electron chi connectivity index (χ3n) is 5.05. The lowest BCUT2D eigenvalue weighted by Gasteiger charge is -2.46. The number of aromatic hydroxyl groups is 1. The molecule has 4 nitrogen and oxygen atoms in total. The number of allylic oxidation sites excluding steroid dienone is 2. The van der Waals surface area contributed by atoms with Crippen LogP contribution in [0.4, 0.5) is 0 Å². The number of hydrogen-bond donors (Lipinski definition) is 2. The van der Waals surface area contributed by atoms with Crippen LogP contribution in [0, 0.1) is 12.8 Å². The van der Waals surface area contributed by atoms with Crippen LogP contribution in [0.3, 0.4) is 0 Å². The van der Waals surface area contributed by atoms with Gasteiger partial charge in [0.2, 0.25) is 0 Å². The summed E-state index contributed by atoms with van der Waals surface area (Å²) in [4.78, 5) is 11.7. The van der Waals surface area contributed by atoms with Crippen molar-refractivity contribution in [1.82, 2.24) is 0 Å². The number of aromatic carboxylic acids is 1. The minimum Gasteiger partial charge on any atom is -0.507 e. The maximum Gasteiger partial charge on any atom is 0.339 e. The number of phenolic OH excluding ortho intramolecular Hbond substituents is 1. The zero-order valence-electron chi connectivity index (χ0n) is 13.4. The minimum atomic E-state index is -1.01. The van der Waals surface area contributed by atoms with Crippen molar-refractivity contribution in [2.24, 2.45) is 5.92 Å². The van der Waals surface area contributed by atoms with Gasteiger partial charge in [-0.15, -0.1) is 0 Å². The molecule has 0 aromatic heterocycles. The molecule has 3 rings (SSSR count). The number of hydrogen-bond acceptors (Lipinski definition) is 3. The fourth-order valence-electron chi connectivity index (χ4n) is 3.95. The van der Waals surface area contributed by atoms with Crippen LogP contribution >= 0.6 is 0 Å². The Morgan fingerprint density at radius 1 is 1.36 bits per heavy atom. The Bertz CT molecular complexity index is 685. The van der Waals surface area contributed by atoms with Crippen molar-refractivity contribution in [3.05, 3.63) is 34.4 Å². The summed E-state index contributed by atoms with van der Waals surface area (Å²) in [5.74, 6) is -0.305. The largest absolute Gasteiger partial charge is 0.507 e. The van der Waals surface area contributed by atoms with Crippen LogP contribution in [-0.2, 0) is 0 Å². The molecule has 2 atom stereocenters. The molecule has 0 fully saturated rings. The van der Waals surface area contributed by atoms with Gasteiger partial charge in [-0.2, -0.15) is 0 Å². The van der Waals surface area contributed by atoms with Gasteiger partial charge in [0.05, 0.1) is 0 Å². The summed E-state index contributed by atoms with van der Waals surface area (Å²) < 4.78 is 6.11. The van der Waals surface area contributed by atoms with Crippen molar-refractivity contribution in [3.63, 3.8) is 0 Å². The SMILES string of the molecule is CC1=C[C@H]2c3c(O)cc(C)c(C(=O)O)c3OC(C)(C)[C@H]2CC1. The highest BCUT2D eigenvalue weighted by atomic mass is 16.5. The number of benzene rings is 1. The van der Waals surface area contributed by atoms with Gasteiger partial charge in [-0.1, -0.05) is 11.6 Å². The zero-order chi connectivity index (χ0) is 16.2. The van der Waals surface area contributed by atoms with Crippen molar-refractivity contribution >= 4 is 5.97 Å². The molecule has 1 heterocycles. The minimum absolute atomic E-state index is 0.00574. The second-order valence-corrected chi connectivity index (χ2v) is 7.03. The first-order valence-corrected chi connectivity index (χ1v) is 7.68. The maximum absolute atomic E-state index is 11.7. The fourth-order valence-corrected chi connectivity index (χ4v) is 3.95. The quantitative estimate of drug-likeness (QED) is 0.769. The molecule has 0 amide bonds. The third-order valence-corrected chi connectivity index (χ3v) is 5.05. The summed E-state index contributed by atoms with van der Waals surface area (Å²) in [5, 5.41) is 20.0. The Morgan fingerprint density at radius 3 is 2.68 bits per heavy atom. The Morgan fingerprint density at radius 2 is 2.05 bits per heavy atom. The predicted molar refractivity (Wildman–Crippen MR) is 83.7 cm³/mol. The van der Waals surface area contributed by atoms with E-state index in [1.165, 1.54) is 5.57 Å². The molecule has 22 heavy (non-hydrogen) atoms. The lowest BCUT2D eigenvalue weighted by atomic mass is 9.67. The van der Waals surface area contributed by atoms with E-state index in [9.17, 15) is 15.0 Å². The summed E-state index contributed by atoms with van der Waals surface area (Å²) in [6.45, 7) is 7.79. The number of rotatable bonds is 1. The first kappa shape index (κ1) is 14.9. The molecule has 2 N–H and O–H groups in total. The predicted octanol–water partition coefficient (Wildman–Crippen LogP) is 4.01. The number of ether oxygens (including phenoxy) is 1. The van der Waals surface area contributed by atoms with Crippen molar-refractivity contribution in [2.75, 3.05) is 0 Å². The molecule has 0 bridgehead atoms. The van der Waals surface area contributed by atoms with Crippen LogP contribution in [0.2, 0.25) is 0 Å². The van der Waals surface area contributed by atoms with Crippen molar-refractivity contribution in [1.29, 1.82) is 0 Å². The molecule has 0 radical (unpaired) electrons. The average molecular weight is 302 g/mol. The number of fused-ring (bicyclic) bond motifs is 3. The van der Waals surface area contributed by atoms with Crippen molar-refractivity contribution in [3.8, 4) is 11.5 Å². The Labute approximate surface area is 130 Å². The third kappa shape index (κ3) is 2.09. The topological polar surface area (TPSA) is 66.8 Å². The molecule has 1 aromatic rings. The van der Waals surface area contributed by atoms with Crippen LogP contribution in [0.1, 0.15) is 61.0 Å². The number of carboxylic acids is 1. The molecule has 0 spiro atoms. The van der Waals surface area contributed by atoms with E-state index >= 15 is 0 Å². The highest BCUT2D eigenvalue weighted by molar-refractivity contribution is 5.94. The van der Waals surface area contributed by atoms with E-state index in [1.54, 1.807) is 13.0 Å². The summed E-state index contributed by atoms with van der Waals surface area (Å²) in [6.07, 6.45) is 4.16. The van der Waals surface area contributed by atoms with Crippen molar-refractivity contribution in [2.45, 2.75) is 52.1 Å². The Kier molecular flexibility index (Phi) is 3.24. The number of carboxylic acid groups (broad SMARTS) is 1. The lowest BCUT2D eigenvalue weighted by molar-refractivity contribution is 0.00922. The molecule has 0 saturated carbocycles. The van der Waals surface area contributed by atoms with E-state index in [0.29, 0.717) is 16.9 Å². The van der Waals surface area contributed by atoms with Gasteiger partial charge in [-0.25, -0.2) is 4.79 Å². The molecule has 118 valence electrons. The van der Waals surface area contributed by atoms with Crippen molar-refractivity contribution < 1.29 is 19.7 Å². The molecule has 0 saturated heterocycles. The Hall–Kier alpha value is -1.97. The van der Waals surface area contributed by atoms with Gasteiger partial charge in [0.1, 0.15) is 22.7 Å². The molecule has 2 aliphatic rings. The summed E-state index contributed by atoms with van der Waals surface area (Å²) in [7, 11) is 0. The highest BCUT2D eigenvalue weighted by Crippen LogP contribution is 2.54. The molecule has 0 unspecified atom stereocenters. The van der Waals surface area contributed by atoms with Gasteiger partial charge in [-0.05, 0) is 52.2 Å². The normalized spacial score (nSPS) is 25.5. The lowest BCUT2D eigenvalue weighted by Crippen LogP contribution is -2.45. The van der Waals surface area contributed by atoms with Gasteiger partial charge >= 0.3 is 5.97 Å². The van der Waals surface area contributed by atoms with E-state index in [0.717, 1.165) is 12.8 Å². The highest BCUT2D eigenvalue weighted by Gasteiger charge is 2.46. The summed E-state index contributed by atoms with van der Waals surface area (Å²) >= 11 is 0. The number of carbonyl (C=O) groups is 1. The monoisotopic (exact) mass is 302 g/mol. The number of phenols is 1. The van der Waals surface area contributed by atoms with E-state index in [2.05, 4.69) is 13.0 Å². The van der Waals surface area contributed by atoms with Gasteiger partial charge in [0.25, 0.3) is 0 Å². The molecular formula is C18H22O4. The van der Waals surface area contributed by atoms with Crippen LogP contribution in [0.5, 0.6) is 11.5 Å². The van der Waals surface area contributed by atoms with Gasteiger partial charge < -0.3 is 14.9 Å². The summed E-state index contributed by atoms with van der Waals surface area (Å²) in [5.41, 5.74) is 2.14.